The predicted octanol–water partition coefficient (Wildman–Crippen LogP) is 5.99. The third-order valence-electron chi connectivity index (χ3n) is 1.84. The van der Waals surface area contributed by atoms with Gasteiger partial charge in [0.2, 0.25) is 0 Å². The lowest BCUT2D eigenvalue weighted by Crippen LogP contribution is -1.85. The van der Waals surface area contributed by atoms with Gasteiger partial charge in [-0.15, -0.1) is 0 Å². The first-order chi connectivity index (χ1) is 10.2. The van der Waals surface area contributed by atoms with Gasteiger partial charge in [-0.2, -0.15) is 10.2 Å². The van der Waals surface area contributed by atoms with Crippen molar-refractivity contribution in [3.05, 3.63) is 71.5 Å². The molecule has 1 rings (SSSR count). The average molecular weight is 289 g/mol. The Morgan fingerprint density at radius 3 is 2.05 bits per heavy atom. The lowest BCUT2D eigenvalue weighted by Gasteiger charge is -1.93. The van der Waals surface area contributed by atoms with E-state index in [2.05, 4.69) is 23.4 Å². The zero-order chi connectivity index (χ0) is 16.7. The quantitative estimate of drug-likeness (QED) is 0.289. The Labute approximate surface area is 126 Å². The Morgan fingerprint density at radius 1 is 1.14 bits per heavy atom. The zero-order valence-corrected chi connectivity index (χ0v) is 13.1. The molecule has 0 amide bonds. The molecule has 21 heavy (non-hydrogen) atoms. The van der Waals surface area contributed by atoms with Crippen molar-refractivity contribution in [2.24, 2.45) is 10.2 Å². The molecule has 0 atom stereocenters. The van der Waals surface area contributed by atoms with Gasteiger partial charge in [0.15, 0.2) is 0 Å². The summed E-state index contributed by atoms with van der Waals surface area (Å²) in [5, 5.41) is 18.2. The fraction of sp³-hybridized carbons (Fsp3) is 0.250. The van der Waals surface area contributed by atoms with Crippen LogP contribution in [0.25, 0.3) is 0 Å². The normalized spacial score (nSPS) is 9.81. The van der Waals surface area contributed by atoms with Crippen LogP contribution in [0.3, 0.4) is 0 Å². The van der Waals surface area contributed by atoms with Crippen LogP contribution in [-0.4, -0.2) is 4.92 Å². The van der Waals surface area contributed by atoms with E-state index in [4.69, 9.17) is 0 Å². The number of rotatable bonds is 5. The van der Waals surface area contributed by atoms with E-state index in [1.54, 1.807) is 12.2 Å². The van der Waals surface area contributed by atoms with E-state index in [9.17, 15) is 10.1 Å². The van der Waals surface area contributed by atoms with Gasteiger partial charge < -0.3 is 0 Å². The predicted molar refractivity (Wildman–Crippen MR) is 88.8 cm³/mol. The largest absolute Gasteiger partial charge is 0.269 e. The fourth-order valence-corrected chi connectivity index (χ4v) is 1.02. The molecule has 5 nitrogen and oxygen atoms in total. The second kappa shape index (κ2) is 13.9. The van der Waals surface area contributed by atoms with Crippen molar-refractivity contribution < 1.29 is 4.92 Å². The molecule has 0 saturated carbocycles. The Hall–Kier alpha value is -2.56. The molecule has 0 aliphatic heterocycles. The summed E-state index contributed by atoms with van der Waals surface area (Å²) in [6.07, 6.45) is 4.77. The number of hydrogen-bond acceptors (Lipinski definition) is 4. The SMILES string of the molecule is C=C/C=C(\C=C)N=Nc1ccc([N+](=O)[O-])cc1.CC.CC. The molecular weight excluding hydrogens is 266 g/mol. The minimum absolute atomic E-state index is 0.0227. The Bertz CT molecular complexity index is 489. The van der Waals surface area contributed by atoms with Crippen LogP contribution < -0.4 is 0 Å². The van der Waals surface area contributed by atoms with Crippen LogP contribution in [-0.2, 0) is 0 Å². The summed E-state index contributed by atoms with van der Waals surface area (Å²) in [5.74, 6) is 0. The van der Waals surface area contributed by atoms with Gasteiger partial charge in [0.1, 0.15) is 0 Å². The van der Waals surface area contributed by atoms with E-state index < -0.39 is 4.92 Å². The molecule has 1 aromatic rings. The van der Waals surface area contributed by atoms with E-state index in [1.807, 2.05) is 27.7 Å². The fourth-order valence-electron chi connectivity index (χ4n) is 1.02. The molecule has 0 N–H and O–H groups in total. The first-order valence-corrected chi connectivity index (χ1v) is 6.78. The van der Waals surface area contributed by atoms with E-state index in [1.165, 1.54) is 30.3 Å². The third-order valence-corrected chi connectivity index (χ3v) is 1.84. The summed E-state index contributed by atoms with van der Waals surface area (Å²) >= 11 is 0. The van der Waals surface area contributed by atoms with Crippen LogP contribution in [0.2, 0.25) is 0 Å². The van der Waals surface area contributed by atoms with Crippen molar-refractivity contribution in [1.82, 2.24) is 0 Å². The van der Waals surface area contributed by atoms with Crippen molar-refractivity contribution in [1.29, 1.82) is 0 Å². The molecule has 5 heteroatoms. The maximum atomic E-state index is 10.4. The van der Waals surface area contributed by atoms with Gasteiger partial charge in [-0.25, -0.2) is 0 Å². The van der Waals surface area contributed by atoms with Crippen molar-refractivity contribution in [3.63, 3.8) is 0 Å². The second-order valence-electron chi connectivity index (χ2n) is 3.00. The topological polar surface area (TPSA) is 67.9 Å². The lowest BCUT2D eigenvalue weighted by atomic mass is 10.3. The minimum Gasteiger partial charge on any atom is -0.258 e. The molecule has 0 fully saturated rings. The van der Waals surface area contributed by atoms with E-state index in [0.717, 1.165) is 0 Å². The zero-order valence-electron chi connectivity index (χ0n) is 13.1. The molecule has 0 heterocycles. The molecule has 114 valence electrons. The molecule has 0 aromatic heterocycles. The average Bonchev–Trinajstić information content (AvgIpc) is 2.55. The first kappa shape index (κ1) is 20.8. The summed E-state index contributed by atoms with van der Waals surface area (Å²) < 4.78 is 0. The summed E-state index contributed by atoms with van der Waals surface area (Å²) in [6.45, 7) is 15.1. The Kier molecular flexibility index (Phi) is 13.7. The maximum Gasteiger partial charge on any atom is 0.269 e. The number of azo groups is 1. The lowest BCUT2D eigenvalue weighted by molar-refractivity contribution is -0.384. The standard InChI is InChI=1S/C12H11N3O2.2C2H6/c1-3-5-10(4-2)13-14-11-6-8-12(9-7-11)15(16)17;2*1-2/h3-9H,1-2H2;2*1-2H3/b10-5+,14-13?;;. The van der Waals surface area contributed by atoms with Gasteiger partial charge in [0.05, 0.1) is 16.3 Å². The maximum absolute atomic E-state index is 10.4. The summed E-state index contributed by atoms with van der Waals surface area (Å²) in [4.78, 5) is 9.96. The molecule has 0 aliphatic carbocycles. The summed E-state index contributed by atoms with van der Waals surface area (Å²) in [7, 11) is 0. The number of nitrogens with zero attached hydrogens (tertiary/aromatic N) is 3. The van der Waals surface area contributed by atoms with E-state index in [0.29, 0.717) is 11.4 Å². The van der Waals surface area contributed by atoms with Crippen molar-refractivity contribution in [3.8, 4) is 0 Å². The van der Waals surface area contributed by atoms with Crippen molar-refractivity contribution >= 4 is 11.4 Å². The Morgan fingerprint density at radius 2 is 1.67 bits per heavy atom. The Balaban J connectivity index is 0. The number of nitro groups is 1. The minimum atomic E-state index is -0.465. The number of benzene rings is 1. The van der Waals surface area contributed by atoms with Crippen LogP contribution in [0.5, 0.6) is 0 Å². The van der Waals surface area contributed by atoms with Gasteiger partial charge in [0.25, 0.3) is 5.69 Å². The molecular formula is C16H23N3O2. The molecule has 0 aliphatic rings. The van der Waals surface area contributed by atoms with E-state index in [-0.39, 0.29) is 5.69 Å². The molecule has 0 bridgehead atoms. The van der Waals surface area contributed by atoms with Crippen LogP contribution in [0.4, 0.5) is 11.4 Å². The highest BCUT2D eigenvalue weighted by Crippen LogP contribution is 2.19. The number of hydrogen-bond donors (Lipinski definition) is 0. The smallest absolute Gasteiger partial charge is 0.258 e. The summed E-state index contributed by atoms with van der Waals surface area (Å²) in [6, 6.07) is 5.80. The highest BCUT2D eigenvalue weighted by molar-refractivity contribution is 5.43. The summed E-state index contributed by atoms with van der Waals surface area (Å²) in [5.41, 5.74) is 1.13. The highest BCUT2D eigenvalue weighted by atomic mass is 16.6. The van der Waals surface area contributed by atoms with Crippen LogP contribution in [0.15, 0.2) is 71.6 Å². The van der Waals surface area contributed by atoms with E-state index >= 15 is 0 Å². The molecule has 0 saturated heterocycles. The molecule has 0 unspecified atom stereocenters. The third kappa shape index (κ3) is 9.04. The van der Waals surface area contributed by atoms with Crippen molar-refractivity contribution in [2.45, 2.75) is 27.7 Å². The number of allylic oxidation sites excluding steroid dienone is 3. The number of non-ortho nitro benzene ring substituents is 1. The monoisotopic (exact) mass is 289 g/mol. The molecule has 0 spiro atoms. The van der Waals surface area contributed by atoms with Crippen LogP contribution in [0.1, 0.15) is 27.7 Å². The molecule has 0 radical (unpaired) electrons. The van der Waals surface area contributed by atoms with Crippen LogP contribution >= 0.6 is 0 Å². The van der Waals surface area contributed by atoms with Gasteiger partial charge in [-0.1, -0.05) is 46.9 Å². The second-order valence-corrected chi connectivity index (χ2v) is 3.00. The van der Waals surface area contributed by atoms with Crippen LogP contribution in [0, 0.1) is 10.1 Å². The molecule has 1 aromatic carbocycles. The highest BCUT2D eigenvalue weighted by Gasteiger charge is 2.02. The van der Waals surface area contributed by atoms with Gasteiger partial charge >= 0.3 is 0 Å². The van der Waals surface area contributed by atoms with Crippen molar-refractivity contribution in [2.75, 3.05) is 0 Å². The number of nitro benzene ring substituents is 1. The van der Waals surface area contributed by atoms with Gasteiger partial charge in [-0.05, 0) is 24.3 Å². The van der Waals surface area contributed by atoms with Gasteiger partial charge in [-0.3, -0.25) is 10.1 Å². The van der Waals surface area contributed by atoms with Gasteiger partial charge in [0, 0.05) is 12.1 Å². The first-order valence-electron chi connectivity index (χ1n) is 6.78.